The molecule has 0 saturated heterocycles. The van der Waals surface area contributed by atoms with Gasteiger partial charge in [-0.1, -0.05) is 71.4 Å². The van der Waals surface area contributed by atoms with Gasteiger partial charge in [0.05, 0.1) is 5.56 Å². The van der Waals surface area contributed by atoms with Crippen molar-refractivity contribution in [3.05, 3.63) is 65.7 Å². The van der Waals surface area contributed by atoms with E-state index in [-0.39, 0.29) is 19.2 Å². The quantitative estimate of drug-likeness (QED) is 0.253. The fourth-order valence-electron chi connectivity index (χ4n) is 4.32. The standard InChI is InChI=1S/C28H38O5/c1-6-10-23-13-15-24(16-14-23)26(29)31-19-28(17-21(2)3,18-22(4)5)20-32-27(30)33-25-11-8-7-9-12-25/h7-9,11-16,21-22H,6,10,17-20H2,1-5H3. The van der Waals surface area contributed by atoms with E-state index in [0.717, 1.165) is 25.7 Å². The number of hydrogen-bond donors (Lipinski definition) is 0. The maximum Gasteiger partial charge on any atom is 0.513 e. The van der Waals surface area contributed by atoms with Crippen molar-refractivity contribution in [1.82, 2.24) is 0 Å². The number of rotatable bonds is 12. The van der Waals surface area contributed by atoms with Crippen molar-refractivity contribution in [3.63, 3.8) is 0 Å². The van der Waals surface area contributed by atoms with Crippen LogP contribution in [0.3, 0.4) is 0 Å². The largest absolute Gasteiger partial charge is 0.513 e. The maximum atomic E-state index is 12.8. The summed E-state index contributed by atoms with van der Waals surface area (Å²) in [7, 11) is 0. The average molecular weight is 455 g/mol. The van der Waals surface area contributed by atoms with Crippen LogP contribution < -0.4 is 4.74 Å². The van der Waals surface area contributed by atoms with Gasteiger partial charge in [0, 0.05) is 5.41 Å². The van der Waals surface area contributed by atoms with Gasteiger partial charge >= 0.3 is 12.1 Å². The molecule has 0 amide bonds. The summed E-state index contributed by atoms with van der Waals surface area (Å²) in [6, 6.07) is 16.4. The minimum Gasteiger partial charge on any atom is -0.461 e. The van der Waals surface area contributed by atoms with Crippen LogP contribution in [0.4, 0.5) is 4.79 Å². The number of para-hydroxylation sites is 1. The Morgan fingerprint density at radius 3 is 1.94 bits per heavy atom. The smallest absolute Gasteiger partial charge is 0.461 e. The molecule has 0 fully saturated rings. The van der Waals surface area contributed by atoms with E-state index in [1.165, 1.54) is 5.56 Å². The van der Waals surface area contributed by atoms with Crippen LogP contribution in [0.25, 0.3) is 0 Å². The van der Waals surface area contributed by atoms with E-state index in [4.69, 9.17) is 14.2 Å². The minimum atomic E-state index is -0.754. The lowest BCUT2D eigenvalue weighted by Crippen LogP contribution is -2.37. The summed E-state index contributed by atoms with van der Waals surface area (Å²) in [5, 5.41) is 0. The molecular weight excluding hydrogens is 416 g/mol. The van der Waals surface area contributed by atoms with Crippen LogP contribution in [-0.2, 0) is 15.9 Å². The van der Waals surface area contributed by atoms with Crippen molar-refractivity contribution in [3.8, 4) is 5.75 Å². The number of carbonyl (C=O) groups is 2. The predicted molar refractivity (Wildman–Crippen MR) is 130 cm³/mol. The number of ether oxygens (including phenoxy) is 3. The van der Waals surface area contributed by atoms with Crippen molar-refractivity contribution in [2.45, 2.75) is 60.3 Å². The molecule has 0 spiro atoms. The van der Waals surface area contributed by atoms with Gasteiger partial charge in [0.15, 0.2) is 0 Å². The molecule has 0 aliphatic rings. The van der Waals surface area contributed by atoms with E-state index >= 15 is 0 Å². The van der Waals surface area contributed by atoms with E-state index in [2.05, 4.69) is 34.6 Å². The second-order valence-corrected chi connectivity index (χ2v) is 9.67. The minimum absolute atomic E-state index is 0.123. The molecule has 0 aliphatic heterocycles. The number of esters is 1. The van der Waals surface area contributed by atoms with E-state index in [1.54, 1.807) is 24.3 Å². The van der Waals surface area contributed by atoms with Crippen molar-refractivity contribution in [2.24, 2.45) is 17.3 Å². The van der Waals surface area contributed by atoms with Gasteiger partial charge in [0.25, 0.3) is 0 Å². The summed E-state index contributed by atoms with van der Waals surface area (Å²) in [6.45, 7) is 10.9. The molecule has 180 valence electrons. The number of hydrogen-bond acceptors (Lipinski definition) is 5. The van der Waals surface area contributed by atoms with E-state index in [0.29, 0.717) is 23.1 Å². The molecule has 0 unspecified atom stereocenters. The summed E-state index contributed by atoms with van der Waals surface area (Å²) in [5.74, 6) is 0.745. The van der Waals surface area contributed by atoms with Crippen LogP contribution in [0.2, 0.25) is 0 Å². The molecule has 5 heteroatoms. The van der Waals surface area contributed by atoms with Gasteiger partial charge < -0.3 is 14.2 Å². The molecule has 0 atom stereocenters. The van der Waals surface area contributed by atoms with Crippen LogP contribution in [0.1, 0.15) is 69.8 Å². The zero-order valence-electron chi connectivity index (χ0n) is 20.6. The molecule has 0 aromatic heterocycles. The lowest BCUT2D eigenvalue weighted by atomic mass is 9.75. The summed E-state index contributed by atoms with van der Waals surface area (Å²) < 4.78 is 16.6. The summed E-state index contributed by atoms with van der Waals surface area (Å²) in [4.78, 5) is 25.1. The highest BCUT2D eigenvalue weighted by Crippen LogP contribution is 2.35. The molecular formula is C28H38O5. The number of benzene rings is 2. The third kappa shape index (κ3) is 9.29. The van der Waals surface area contributed by atoms with Gasteiger partial charge in [0.1, 0.15) is 19.0 Å². The molecule has 0 aliphatic carbocycles. The number of carbonyl (C=O) groups excluding carboxylic acids is 2. The molecule has 0 N–H and O–H groups in total. The van der Waals surface area contributed by atoms with Crippen LogP contribution in [-0.4, -0.2) is 25.3 Å². The lowest BCUT2D eigenvalue weighted by molar-refractivity contribution is -0.0206. The van der Waals surface area contributed by atoms with Gasteiger partial charge in [-0.05, 0) is 60.9 Å². The van der Waals surface area contributed by atoms with Gasteiger partial charge in [0.2, 0.25) is 0 Å². The first-order valence-electron chi connectivity index (χ1n) is 11.9. The summed E-state index contributed by atoms with van der Waals surface area (Å²) in [5.41, 5.74) is 1.24. The first-order valence-corrected chi connectivity index (χ1v) is 11.9. The SMILES string of the molecule is CCCc1ccc(C(=O)OCC(COC(=O)Oc2ccccc2)(CC(C)C)CC(C)C)cc1. The van der Waals surface area contributed by atoms with Crippen molar-refractivity contribution < 1.29 is 23.8 Å². The molecule has 2 rings (SSSR count). The van der Waals surface area contributed by atoms with Gasteiger partial charge in [-0.25, -0.2) is 9.59 Å². The third-order valence-electron chi connectivity index (χ3n) is 5.36. The zero-order chi connectivity index (χ0) is 24.3. The van der Waals surface area contributed by atoms with Crippen LogP contribution in [0.15, 0.2) is 54.6 Å². The van der Waals surface area contributed by atoms with Crippen molar-refractivity contribution in [1.29, 1.82) is 0 Å². The highest BCUT2D eigenvalue weighted by molar-refractivity contribution is 5.89. The predicted octanol–water partition coefficient (Wildman–Crippen LogP) is 7.09. The Kier molecular flexibility index (Phi) is 10.4. The normalized spacial score (nSPS) is 11.5. The molecule has 0 radical (unpaired) electrons. The van der Waals surface area contributed by atoms with E-state index < -0.39 is 11.6 Å². The highest BCUT2D eigenvalue weighted by Gasteiger charge is 2.36. The topological polar surface area (TPSA) is 61.8 Å². The Bertz CT molecular complexity index is 846. The summed E-state index contributed by atoms with van der Waals surface area (Å²) in [6.07, 6.45) is 2.80. The molecule has 0 heterocycles. The van der Waals surface area contributed by atoms with Crippen LogP contribution >= 0.6 is 0 Å². The average Bonchev–Trinajstić information content (AvgIpc) is 2.77. The van der Waals surface area contributed by atoms with Crippen LogP contribution in [0, 0.1) is 17.3 Å². The molecule has 33 heavy (non-hydrogen) atoms. The van der Waals surface area contributed by atoms with Gasteiger partial charge in [-0.2, -0.15) is 0 Å². The monoisotopic (exact) mass is 454 g/mol. The first kappa shape index (κ1) is 26.4. The van der Waals surface area contributed by atoms with Crippen molar-refractivity contribution in [2.75, 3.05) is 13.2 Å². The summed E-state index contributed by atoms with van der Waals surface area (Å²) >= 11 is 0. The second-order valence-electron chi connectivity index (χ2n) is 9.67. The van der Waals surface area contributed by atoms with E-state index in [1.807, 2.05) is 30.3 Å². The van der Waals surface area contributed by atoms with Gasteiger partial charge in [-0.15, -0.1) is 0 Å². The fraction of sp³-hybridized carbons (Fsp3) is 0.500. The molecule has 2 aromatic rings. The lowest BCUT2D eigenvalue weighted by Gasteiger charge is -2.35. The Balaban J connectivity index is 2.08. The molecule has 5 nitrogen and oxygen atoms in total. The third-order valence-corrected chi connectivity index (χ3v) is 5.36. The fourth-order valence-corrected chi connectivity index (χ4v) is 4.32. The van der Waals surface area contributed by atoms with E-state index in [9.17, 15) is 9.59 Å². The van der Waals surface area contributed by atoms with Crippen LogP contribution in [0.5, 0.6) is 5.75 Å². The van der Waals surface area contributed by atoms with Crippen molar-refractivity contribution >= 4 is 12.1 Å². The zero-order valence-corrected chi connectivity index (χ0v) is 20.6. The van der Waals surface area contributed by atoms with Gasteiger partial charge in [-0.3, -0.25) is 0 Å². The Labute approximate surface area is 198 Å². The molecule has 2 aromatic carbocycles. The highest BCUT2D eigenvalue weighted by atomic mass is 16.7. The maximum absolute atomic E-state index is 12.8. The Morgan fingerprint density at radius 2 is 1.39 bits per heavy atom. The number of aryl methyl sites for hydroxylation is 1. The Morgan fingerprint density at radius 1 is 0.818 bits per heavy atom. The Hall–Kier alpha value is -2.82. The molecule has 0 saturated carbocycles. The second kappa shape index (κ2) is 13.0. The first-order chi connectivity index (χ1) is 15.7. The molecule has 0 bridgehead atoms.